The van der Waals surface area contributed by atoms with Gasteiger partial charge in [0.25, 0.3) is 5.91 Å². The number of piperazine rings is 1. The molecule has 0 bridgehead atoms. The van der Waals surface area contributed by atoms with E-state index in [4.69, 9.17) is 0 Å². The molecule has 0 spiro atoms. The Labute approximate surface area is 124 Å². The van der Waals surface area contributed by atoms with E-state index in [-0.39, 0.29) is 18.3 Å². The summed E-state index contributed by atoms with van der Waals surface area (Å²) >= 11 is 1.78. The zero-order valence-electron chi connectivity index (χ0n) is 11.3. The van der Waals surface area contributed by atoms with Gasteiger partial charge in [-0.15, -0.1) is 23.7 Å². The molecule has 1 fully saturated rings. The third-order valence-electron chi connectivity index (χ3n) is 4.04. The Morgan fingerprint density at radius 2 is 2.16 bits per heavy atom. The second-order valence-electron chi connectivity index (χ2n) is 5.44. The van der Waals surface area contributed by atoms with Gasteiger partial charge in [-0.3, -0.25) is 4.79 Å². The lowest BCUT2D eigenvalue weighted by Crippen LogP contribution is -2.46. The van der Waals surface area contributed by atoms with Gasteiger partial charge in [0, 0.05) is 36.4 Å². The van der Waals surface area contributed by atoms with Gasteiger partial charge in [-0.25, -0.2) is 0 Å². The predicted molar refractivity (Wildman–Crippen MR) is 81.5 cm³/mol. The highest BCUT2D eigenvalue weighted by atomic mass is 35.5. The molecule has 19 heavy (non-hydrogen) atoms. The number of fused-ring (bicyclic) bond motifs is 1. The van der Waals surface area contributed by atoms with E-state index >= 15 is 0 Å². The number of amides is 1. The van der Waals surface area contributed by atoms with Crippen LogP contribution in [0.15, 0.2) is 5.38 Å². The Morgan fingerprint density at radius 3 is 2.89 bits per heavy atom. The molecule has 1 unspecified atom stereocenters. The average Bonchev–Trinajstić information content (AvgIpc) is 2.81. The zero-order valence-corrected chi connectivity index (χ0v) is 12.9. The van der Waals surface area contributed by atoms with Gasteiger partial charge in [0.2, 0.25) is 0 Å². The molecule has 1 aliphatic carbocycles. The number of halogens is 1. The van der Waals surface area contributed by atoms with E-state index in [1.165, 1.54) is 16.9 Å². The van der Waals surface area contributed by atoms with E-state index in [2.05, 4.69) is 17.6 Å². The maximum absolute atomic E-state index is 12.5. The number of nitrogens with zero attached hydrogens (tertiary/aromatic N) is 1. The maximum atomic E-state index is 12.5. The SMILES string of the molecule is CC1CCc2c(C(=O)N3CCNCC3)csc2C1.Cl. The minimum atomic E-state index is 0. The molecule has 0 radical (unpaired) electrons. The molecule has 1 aromatic rings. The molecule has 3 rings (SSSR count). The van der Waals surface area contributed by atoms with Crippen molar-refractivity contribution >= 4 is 29.7 Å². The first kappa shape index (κ1) is 14.8. The van der Waals surface area contributed by atoms with Crippen LogP contribution in [0.1, 0.15) is 34.1 Å². The summed E-state index contributed by atoms with van der Waals surface area (Å²) < 4.78 is 0. The van der Waals surface area contributed by atoms with E-state index in [0.717, 1.165) is 50.5 Å². The largest absolute Gasteiger partial charge is 0.336 e. The van der Waals surface area contributed by atoms with Crippen molar-refractivity contribution in [2.75, 3.05) is 26.2 Å². The van der Waals surface area contributed by atoms with Crippen LogP contribution in [0.3, 0.4) is 0 Å². The summed E-state index contributed by atoms with van der Waals surface area (Å²) in [6, 6.07) is 0. The minimum Gasteiger partial charge on any atom is -0.336 e. The molecule has 1 aliphatic heterocycles. The van der Waals surface area contributed by atoms with Crippen molar-refractivity contribution in [3.8, 4) is 0 Å². The first-order valence-corrected chi connectivity index (χ1v) is 7.73. The fourth-order valence-corrected chi connectivity index (χ4v) is 4.13. The Balaban J connectivity index is 0.00000133. The van der Waals surface area contributed by atoms with Gasteiger partial charge in [0.1, 0.15) is 0 Å². The van der Waals surface area contributed by atoms with Gasteiger partial charge < -0.3 is 10.2 Å². The topological polar surface area (TPSA) is 32.3 Å². The van der Waals surface area contributed by atoms with Crippen molar-refractivity contribution < 1.29 is 4.79 Å². The van der Waals surface area contributed by atoms with E-state index in [9.17, 15) is 4.79 Å². The summed E-state index contributed by atoms with van der Waals surface area (Å²) in [6.45, 7) is 5.85. The Morgan fingerprint density at radius 1 is 1.42 bits per heavy atom. The van der Waals surface area contributed by atoms with Crippen molar-refractivity contribution in [3.63, 3.8) is 0 Å². The summed E-state index contributed by atoms with van der Waals surface area (Å²) in [7, 11) is 0. The molecule has 1 aromatic heterocycles. The molecule has 3 nitrogen and oxygen atoms in total. The summed E-state index contributed by atoms with van der Waals surface area (Å²) in [5.41, 5.74) is 2.34. The van der Waals surface area contributed by atoms with E-state index in [1.807, 2.05) is 4.90 Å². The Hall–Kier alpha value is -0.580. The van der Waals surface area contributed by atoms with Gasteiger partial charge in [-0.05, 0) is 30.7 Å². The van der Waals surface area contributed by atoms with Gasteiger partial charge in [0.05, 0.1) is 5.56 Å². The Kier molecular flexibility index (Phi) is 4.87. The molecule has 1 saturated heterocycles. The van der Waals surface area contributed by atoms with Crippen LogP contribution in [-0.2, 0) is 12.8 Å². The second kappa shape index (κ2) is 6.25. The number of rotatable bonds is 1. The molecule has 106 valence electrons. The summed E-state index contributed by atoms with van der Waals surface area (Å²) in [6.07, 6.45) is 3.48. The zero-order chi connectivity index (χ0) is 12.5. The lowest BCUT2D eigenvalue weighted by molar-refractivity contribution is 0.0735. The highest BCUT2D eigenvalue weighted by molar-refractivity contribution is 7.10. The summed E-state index contributed by atoms with van der Waals surface area (Å²) in [5.74, 6) is 1.03. The lowest BCUT2D eigenvalue weighted by Gasteiger charge is -2.28. The van der Waals surface area contributed by atoms with E-state index in [1.54, 1.807) is 11.3 Å². The van der Waals surface area contributed by atoms with Gasteiger partial charge in [-0.2, -0.15) is 0 Å². The summed E-state index contributed by atoms with van der Waals surface area (Å²) in [5, 5.41) is 5.38. The van der Waals surface area contributed by atoms with Crippen LogP contribution >= 0.6 is 23.7 Å². The fourth-order valence-electron chi connectivity index (χ4n) is 2.89. The summed E-state index contributed by atoms with van der Waals surface area (Å²) in [4.78, 5) is 16.0. The molecule has 5 heteroatoms. The number of nitrogens with one attached hydrogen (secondary N) is 1. The molecule has 1 atom stereocenters. The van der Waals surface area contributed by atoms with Crippen LogP contribution in [0.5, 0.6) is 0 Å². The van der Waals surface area contributed by atoms with E-state index < -0.39 is 0 Å². The average molecular weight is 301 g/mol. The number of carbonyl (C=O) groups is 1. The quantitative estimate of drug-likeness (QED) is 0.863. The maximum Gasteiger partial charge on any atom is 0.255 e. The lowest BCUT2D eigenvalue weighted by atomic mass is 9.88. The van der Waals surface area contributed by atoms with Crippen LogP contribution in [0.2, 0.25) is 0 Å². The first-order chi connectivity index (χ1) is 8.75. The molecule has 0 saturated carbocycles. The smallest absolute Gasteiger partial charge is 0.255 e. The van der Waals surface area contributed by atoms with Gasteiger partial charge in [0.15, 0.2) is 0 Å². The van der Waals surface area contributed by atoms with Gasteiger partial charge >= 0.3 is 0 Å². The van der Waals surface area contributed by atoms with Gasteiger partial charge in [-0.1, -0.05) is 6.92 Å². The monoisotopic (exact) mass is 300 g/mol. The van der Waals surface area contributed by atoms with Crippen molar-refractivity contribution in [2.24, 2.45) is 5.92 Å². The second-order valence-corrected chi connectivity index (χ2v) is 6.41. The molecule has 0 aromatic carbocycles. The number of hydrogen-bond donors (Lipinski definition) is 1. The van der Waals surface area contributed by atoms with Crippen molar-refractivity contribution in [1.29, 1.82) is 0 Å². The number of thiophene rings is 1. The van der Waals surface area contributed by atoms with Crippen LogP contribution in [0, 0.1) is 5.92 Å². The van der Waals surface area contributed by atoms with Crippen LogP contribution in [0.4, 0.5) is 0 Å². The molecule has 1 amide bonds. The number of hydrogen-bond acceptors (Lipinski definition) is 3. The van der Waals surface area contributed by atoms with Crippen molar-refractivity contribution in [1.82, 2.24) is 10.2 Å². The highest BCUT2D eigenvalue weighted by Crippen LogP contribution is 2.33. The molecular weight excluding hydrogens is 280 g/mol. The van der Waals surface area contributed by atoms with E-state index in [0.29, 0.717) is 0 Å². The fraction of sp³-hybridized carbons (Fsp3) is 0.643. The standard InChI is InChI=1S/C14H20N2OS.ClH/c1-10-2-3-11-12(9-18-13(11)8-10)14(17)16-6-4-15-5-7-16;/h9-10,15H,2-8H2,1H3;1H. The molecule has 1 N–H and O–H groups in total. The van der Waals surface area contributed by atoms with Crippen LogP contribution in [-0.4, -0.2) is 37.0 Å². The first-order valence-electron chi connectivity index (χ1n) is 6.85. The normalized spacial score (nSPS) is 22.6. The highest BCUT2D eigenvalue weighted by Gasteiger charge is 2.26. The number of carbonyl (C=O) groups excluding carboxylic acids is 1. The molecule has 2 aliphatic rings. The molecular formula is C14H21ClN2OS. The van der Waals surface area contributed by atoms with Crippen molar-refractivity contribution in [2.45, 2.75) is 26.2 Å². The Bertz CT molecular complexity index is 454. The van der Waals surface area contributed by atoms with Crippen LogP contribution in [0.25, 0.3) is 0 Å². The van der Waals surface area contributed by atoms with Crippen molar-refractivity contribution in [3.05, 3.63) is 21.4 Å². The third kappa shape index (κ3) is 2.96. The van der Waals surface area contributed by atoms with Crippen LogP contribution < -0.4 is 5.32 Å². The predicted octanol–water partition coefficient (Wildman–Crippen LogP) is 2.34. The minimum absolute atomic E-state index is 0. The third-order valence-corrected chi connectivity index (χ3v) is 5.09. The molecule has 2 heterocycles.